The van der Waals surface area contributed by atoms with E-state index in [-0.39, 0.29) is 5.75 Å². The Hall–Kier alpha value is -2.67. The highest BCUT2D eigenvalue weighted by molar-refractivity contribution is 5.51. The molecule has 0 saturated carbocycles. The van der Waals surface area contributed by atoms with Crippen LogP contribution in [0.2, 0.25) is 0 Å². The van der Waals surface area contributed by atoms with Crippen LogP contribution in [-0.4, -0.2) is 5.11 Å². The van der Waals surface area contributed by atoms with Crippen LogP contribution < -0.4 is 11.1 Å². The molecule has 0 aromatic heterocycles. The van der Waals surface area contributed by atoms with E-state index in [1.807, 2.05) is 12.1 Å². The third-order valence-corrected chi connectivity index (χ3v) is 2.60. The lowest BCUT2D eigenvalue weighted by molar-refractivity contribution is 0.469. The van der Waals surface area contributed by atoms with Gasteiger partial charge in [0.1, 0.15) is 5.75 Å². The van der Waals surface area contributed by atoms with Gasteiger partial charge in [0.2, 0.25) is 0 Å². The average molecular weight is 239 g/mol. The molecule has 0 aliphatic carbocycles. The predicted octanol–water partition coefficient (Wildman–Crippen LogP) is 2.46. The highest BCUT2D eigenvalue weighted by atomic mass is 16.3. The quantitative estimate of drug-likeness (QED) is 0.567. The summed E-state index contributed by atoms with van der Waals surface area (Å²) in [5.41, 5.74) is 8.51. The normalized spacial score (nSPS) is 9.72. The molecule has 18 heavy (non-hydrogen) atoms. The fourth-order valence-electron chi connectivity index (χ4n) is 1.61. The van der Waals surface area contributed by atoms with Gasteiger partial charge in [-0.2, -0.15) is 5.26 Å². The van der Waals surface area contributed by atoms with E-state index in [0.717, 1.165) is 11.3 Å². The number of benzene rings is 2. The van der Waals surface area contributed by atoms with E-state index >= 15 is 0 Å². The van der Waals surface area contributed by atoms with E-state index < -0.39 is 0 Å². The number of hydrogen-bond acceptors (Lipinski definition) is 4. The molecule has 0 radical (unpaired) electrons. The van der Waals surface area contributed by atoms with Crippen LogP contribution in [0.3, 0.4) is 0 Å². The minimum absolute atomic E-state index is 0.213. The summed E-state index contributed by atoms with van der Waals surface area (Å²) >= 11 is 0. The zero-order chi connectivity index (χ0) is 13.0. The molecule has 0 aliphatic heterocycles. The molecule has 2 aromatic carbocycles. The van der Waals surface area contributed by atoms with Crippen molar-refractivity contribution in [1.29, 1.82) is 5.26 Å². The van der Waals surface area contributed by atoms with Gasteiger partial charge in [-0.1, -0.05) is 0 Å². The van der Waals surface area contributed by atoms with Gasteiger partial charge in [-0.15, -0.1) is 0 Å². The zero-order valence-corrected chi connectivity index (χ0v) is 9.72. The number of nitrogens with two attached hydrogens (primary N) is 1. The maximum Gasteiger partial charge on any atom is 0.120 e. The summed E-state index contributed by atoms with van der Waals surface area (Å²) in [7, 11) is 0. The molecule has 4 N–H and O–H groups in total. The second-order valence-electron chi connectivity index (χ2n) is 3.93. The van der Waals surface area contributed by atoms with Crippen LogP contribution in [0.5, 0.6) is 5.75 Å². The highest BCUT2D eigenvalue weighted by Gasteiger charge is 2.01. The molecule has 0 atom stereocenters. The molecule has 0 bridgehead atoms. The van der Waals surface area contributed by atoms with Crippen LogP contribution in [0.1, 0.15) is 11.1 Å². The van der Waals surface area contributed by atoms with Crippen molar-refractivity contribution >= 4 is 11.4 Å². The minimum atomic E-state index is 0.213. The Labute approximate surface area is 105 Å². The van der Waals surface area contributed by atoms with Gasteiger partial charge in [-0.3, -0.25) is 0 Å². The van der Waals surface area contributed by atoms with Crippen molar-refractivity contribution in [3.05, 3.63) is 53.6 Å². The number of nitriles is 1. The molecule has 0 heterocycles. The van der Waals surface area contributed by atoms with Gasteiger partial charge >= 0.3 is 0 Å². The van der Waals surface area contributed by atoms with Crippen LogP contribution in [0.4, 0.5) is 11.4 Å². The Balaban J connectivity index is 2.07. The summed E-state index contributed by atoms with van der Waals surface area (Å²) in [5.74, 6) is 0.213. The lowest BCUT2D eigenvalue weighted by atomic mass is 10.1. The lowest BCUT2D eigenvalue weighted by Crippen LogP contribution is -2.00. The highest BCUT2D eigenvalue weighted by Crippen LogP contribution is 2.21. The number of nitrogens with one attached hydrogen (secondary N) is 1. The number of phenolic OH excluding ortho intramolecular Hbond substituents is 1. The molecule has 2 aromatic rings. The first-order valence-corrected chi connectivity index (χ1v) is 5.50. The van der Waals surface area contributed by atoms with Crippen molar-refractivity contribution in [2.24, 2.45) is 0 Å². The van der Waals surface area contributed by atoms with Gasteiger partial charge in [0.25, 0.3) is 0 Å². The fraction of sp³-hybridized carbons (Fsp3) is 0.0714. The van der Waals surface area contributed by atoms with E-state index in [1.165, 1.54) is 0 Å². The molecule has 0 fully saturated rings. The average Bonchev–Trinajstić information content (AvgIpc) is 2.40. The Morgan fingerprint density at radius 3 is 2.56 bits per heavy atom. The summed E-state index contributed by atoms with van der Waals surface area (Å²) in [4.78, 5) is 0. The molecule has 2 rings (SSSR count). The van der Waals surface area contributed by atoms with Crippen molar-refractivity contribution in [3.63, 3.8) is 0 Å². The number of phenols is 1. The molecule has 90 valence electrons. The molecular formula is C14H13N3O. The topological polar surface area (TPSA) is 82.1 Å². The number of nitrogen functional groups attached to an aromatic ring is 1. The molecule has 4 nitrogen and oxygen atoms in total. The van der Waals surface area contributed by atoms with Gasteiger partial charge in [0.15, 0.2) is 0 Å². The SMILES string of the molecule is N#Cc1ccc(NCc2cc(N)ccc2O)cc1. The Kier molecular flexibility index (Phi) is 3.35. The Morgan fingerprint density at radius 2 is 1.89 bits per heavy atom. The Bertz CT molecular complexity index is 585. The van der Waals surface area contributed by atoms with Gasteiger partial charge in [-0.25, -0.2) is 0 Å². The second kappa shape index (κ2) is 5.11. The third kappa shape index (κ3) is 2.71. The first-order valence-electron chi connectivity index (χ1n) is 5.50. The minimum Gasteiger partial charge on any atom is -0.508 e. The number of aromatic hydroxyl groups is 1. The molecule has 0 aliphatic rings. The van der Waals surface area contributed by atoms with E-state index in [2.05, 4.69) is 11.4 Å². The number of rotatable bonds is 3. The maximum absolute atomic E-state index is 9.66. The van der Waals surface area contributed by atoms with E-state index in [0.29, 0.717) is 17.8 Å². The first kappa shape index (κ1) is 11.8. The van der Waals surface area contributed by atoms with Gasteiger partial charge in [-0.05, 0) is 42.5 Å². The second-order valence-corrected chi connectivity index (χ2v) is 3.93. The predicted molar refractivity (Wildman–Crippen MR) is 71.0 cm³/mol. The number of nitrogens with zero attached hydrogens (tertiary/aromatic N) is 1. The summed E-state index contributed by atoms with van der Waals surface area (Å²) in [5, 5.41) is 21.5. The molecule has 4 heteroatoms. The van der Waals surface area contributed by atoms with Crippen molar-refractivity contribution in [1.82, 2.24) is 0 Å². The van der Waals surface area contributed by atoms with E-state index in [9.17, 15) is 5.11 Å². The van der Waals surface area contributed by atoms with Crippen LogP contribution >= 0.6 is 0 Å². The summed E-state index contributed by atoms with van der Waals surface area (Å²) in [6.45, 7) is 0.475. The number of anilines is 2. The van der Waals surface area contributed by atoms with Gasteiger partial charge in [0, 0.05) is 23.5 Å². The Morgan fingerprint density at radius 1 is 1.17 bits per heavy atom. The van der Waals surface area contributed by atoms with Crippen LogP contribution in [0.25, 0.3) is 0 Å². The lowest BCUT2D eigenvalue weighted by Gasteiger charge is -2.08. The molecule has 0 saturated heterocycles. The van der Waals surface area contributed by atoms with Crippen molar-refractivity contribution in [2.75, 3.05) is 11.1 Å². The monoisotopic (exact) mass is 239 g/mol. The van der Waals surface area contributed by atoms with Gasteiger partial charge in [0.05, 0.1) is 11.6 Å². The summed E-state index contributed by atoms with van der Waals surface area (Å²) in [6.07, 6.45) is 0. The standard InChI is InChI=1S/C14H13N3O/c15-8-10-1-4-13(5-2-10)17-9-11-7-12(16)3-6-14(11)18/h1-7,17-18H,9,16H2. The van der Waals surface area contributed by atoms with Crippen LogP contribution in [0, 0.1) is 11.3 Å². The zero-order valence-electron chi connectivity index (χ0n) is 9.72. The third-order valence-electron chi connectivity index (χ3n) is 2.60. The summed E-state index contributed by atoms with van der Waals surface area (Å²) in [6, 6.07) is 14.1. The summed E-state index contributed by atoms with van der Waals surface area (Å²) < 4.78 is 0. The molecular weight excluding hydrogens is 226 g/mol. The van der Waals surface area contributed by atoms with E-state index in [1.54, 1.807) is 30.3 Å². The fourth-order valence-corrected chi connectivity index (χ4v) is 1.61. The van der Waals surface area contributed by atoms with Gasteiger partial charge < -0.3 is 16.2 Å². The molecule has 0 amide bonds. The van der Waals surface area contributed by atoms with Crippen LogP contribution in [0.15, 0.2) is 42.5 Å². The number of hydrogen-bond donors (Lipinski definition) is 3. The van der Waals surface area contributed by atoms with Crippen LogP contribution in [-0.2, 0) is 6.54 Å². The maximum atomic E-state index is 9.66. The molecule has 0 spiro atoms. The molecule has 0 unspecified atom stereocenters. The smallest absolute Gasteiger partial charge is 0.120 e. The van der Waals surface area contributed by atoms with Crippen molar-refractivity contribution < 1.29 is 5.11 Å². The van der Waals surface area contributed by atoms with Crippen molar-refractivity contribution in [2.45, 2.75) is 6.54 Å². The largest absolute Gasteiger partial charge is 0.508 e. The first-order chi connectivity index (χ1) is 8.69. The van der Waals surface area contributed by atoms with E-state index in [4.69, 9.17) is 11.0 Å². The van der Waals surface area contributed by atoms with Crippen molar-refractivity contribution in [3.8, 4) is 11.8 Å².